The molecule has 2 N–H and O–H groups in total. The zero-order valence-electron chi connectivity index (χ0n) is 14.8. The van der Waals surface area contributed by atoms with E-state index in [1.54, 1.807) is 18.2 Å². The van der Waals surface area contributed by atoms with Crippen molar-refractivity contribution in [3.05, 3.63) is 53.1 Å². The molecule has 138 valence electrons. The summed E-state index contributed by atoms with van der Waals surface area (Å²) < 4.78 is 10.7. The van der Waals surface area contributed by atoms with Crippen LogP contribution in [-0.4, -0.2) is 24.7 Å². The molecule has 5 nitrogen and oxygen atoms in total. The van der Waals surface area contributed by atoms with E-state index in [-0.39, 0.29) is 17.6 Å². The van der Waals surface area contributed by atoms with E-state index in [9.17, 15) is 4.79 Å². The van der Waals surface area contributed by atoms with Crippen LogP contribution in [0.25, 0.3) is 0 Å². The molecule has 1 amide bonds. The first kappa shape index (κ1) is 20.0. The first-order chi connectivity index (χ1) is 12.4. The summed E-state index contributed by atoms with van der Waals surface area (Å²) in [6.07, 6.45) is 0. The van der Waals surface area contributed by atoms with E-state index in [1.807, 2.05) is 24.3 Å². The lowest BCUT2D eigenvalue weighted by Crippen LogP contribution is -2.37. The molecule has 0 atom stereocenters. The van der Waals surface area contributed by atoms with Crippen molar-refractivity contribution in [1.82, 2.24) is 5.32 Å². The summed E-state index contributed by atoms with van der Waals surface area (Å²) in [4.78, 5) is 12.1. The molecule has 0 bridgehead atoms. The number of hydrogen-bond acceptors (Lipinski definition) is 4. The van der Waals surface area contributed by atoms with Gasteiger partial charge in [0.05, 0.1) is 12.1 Å². The average molecular weight is 393 g/mol. The maximum atomic E-state index is 12.1. The summed E-state index contributed by atoms with van der Waals surface area (Å²) >= 11 is 11.2. The summed E-state index contributed by atoms with van der Waals surface area (Å²) in [5.41, 5.74) is 1.70. The van der Waals surface area contributed by atoms with Crippen molar-refractivity contribution in [3.8, 4) is 11.5 Å². The molecule has 0 radical (unpaired) electrons. The second kappa shape index (κ2) is 9.40. The molecule has 0 saturated carbocycles. The zero-order valence-corrected chi connectivity index (χ0v) is 16.4. The number of amides is 1. The van der Waals surface area contributed by atoms with Crippen molar-refractivity contribution in [1.29, 1.82) is 0 Å². The SMILES string of the molecule is COc1ccc(NC(=S)NC(=O)COc2ccccc2C(C)C)cc1Cl. The van der Waals surface area contributed by atoms with Gasteiger partial charge in [0.15, 0.2) is 11.7 Å². The molecule has 0 aliphatic rings. The predicted molar refractivity (Wildman–Crippen MR) is 108 cm³/mol. The molecule has 2 aromatic carbocycles. The standard InChI is InChI=1S/C19H21ClN2O3S/c1-12(2)14-6-4-5-7-16(14)25-11-18(23)22-19(26)21-13-8-9-17(24-3)15(20)10-13/h4-10,12H,11H2,1-3H3,(H2,21,22,23,26). The molecule has 0 saturated heterocycles. The number of para-hydroxylation sites is 1. The number of hydrogen-bond donors (Lipinski definition) is 2. The van der Waals surface area contributed by atoms with Crippen molar-refractivity contribution in [2.45, 2.75) is 19.8 Å². The summed E-state index contributed by atoms with van der Waals surface area (Å²) in [5, 5.41) is 6.08. The number of anilines is 1. The molecule has 26 heavy (non-hydrogen) atoms. The number of carbonyl (C=O) groups excluding carboxylic acids is 1. The number of carbonyl (C=O) groups is 1. The molecule has 2 rings (SSSR count). The van der Waals surface area contributed by atoms with E-state index in [1.165, 1.54) is 7.11 Å². The van der Waals surface area contributed by atoms with Gasteiger partial charge in [0.2, 0.25) is 0 Å². The number of rotatable bonds is 6. The maximum Gasteiger partial charge on any atom is 0.264 e. The van der Waals surface area contributed by atoms with Gasteiger partial charge in [-0.25, -0.2) is 0 Å². The fourth-order valence-electron chi connectivity index (χ4n) is 2.30. The summed E-state index contributed by atoms with van der Waals surface area (Å²) in [5.74, 6) is 1.21. The van der Waals surface area contributed by atoms with Crippen LogP contribution in [0.3, 0.4) is 0 Å². The van der Waals surface area contributed by atoms with Gasteiger partial charge in [-0.05, 0) is 48.0 Å². The first-order valence-corrected chi connectivity index (χ1v) is 8.85. The lowest BCUT2D eigenvalue weighted by atomic mass is 10.0. The van der Waals surface area contributed by atoms with Crippen LogP contribution in [0.1, 0.15) is 25.3 Å². The highest BCUT2D eigenvalue weighted by Gasteiger charge is 2.11. The van der Waals surface area contributed by atoms with Crippen molar-refractivity contribution in [2.24, 2.45) is 0 Å². The van der Waals surface area contributed by atoms with Gasteiger partial charge in [-0.3, -0.25) is 10.1 Å². The van der Waals surface area contributed by atoms with E-state index >= 15 is 0 Å². The van der Waals surface area contributed by atoms with E-state index in [0.29, 0.717) is 28.1 Å². The van der Waals surface area contributed by atoms with E-state index < -0.39 is 0 Å². The van der Waals surface area contributed by atoms with Crippen molar-refractivity contribution in [3.63, 3.8) is 0 Å². The van der Waals surface area contributed by atoms with Gasteiger partial charge in [0, 0.05) is 5.69 Å². The van der Waals surface area contributed by atoms with E-state index in [2.05, 4.69) is 24.5 Å². The fraction of sp³-hybridized carbons (Fsp3) is 0.263. The highest BCUT2D eigenvalue weighted by Crippen LogP contribution is 2.27. The Morgan fingerprint density at radius 1 is 1.19 bits per heavy atom. The van der Waals surface area contributed by atoms with Crippen LogP contribution in [0.4, 0.5) is 5.69 Å². The number of benzene rings is 2. The Labute approximate surface area is 163 Å². The number of ether oxygens (including phenoxy) is 2. The highest BCUT2D eigenvalue weighted by atomic mass is 35.5. The van der Waals surface area contributed by atoms with Crippen molar-refractivity contribution in [2.75, 3.05) is 19.0 Å². The number of thiocarbonyl (C=S) groups is 1. The second-order valence-electron chi connectivity index (χ2n) is 5.83. The lowest BCUT2D eigenvalue weighted by Gasteiger charge is -2.14. The Bertz CT molecular complexity index is 796. The summed E-state index contributed by atoms with van der Waals surface area (Å²) in [7, 11) is 1.54. The Balaban J connectivity index is 1.88. The van der Waals surface area contributed by atoms with Gasteiger partial charge in [0.1, 0.15) is 11.5 Å². The van der Waals surface area contributed by atoms with Gasteiger partial charge < -0.3 is 14.8 Å². The van der Waals surface area contributed by atoms with Gasteiger partial charge in [-0.2, -0.15) is 0 Å². The molecular weight excluding hydrogens is 372 g/mol. The molecule has 0 spiro atoms. The quantitative estimate of drug-likeness (QED) is 0.715. The molecule has 0 aliphatic heterocycles. The topological polar surface area (TPSA) is 59.6 Å². The van der Waals surface area contributed by atoms with Crippen LogP contribution >= 0.6 is 23.8 Å². The molecule has 0 aliphatic carbocycles. The van der Waals surface area contributed by atoms with Crippen LogP contribution in [0.2, 0.25) is 5.02 Å². The minimum atomic E-state index is -0.347. The summed E-state index contributed by atoms with van der Waals surface area (Å²) in [6, 6.07) is 12.8. The predicted octanol–water partition coefficient (Wildman–Crippen LogP) is 4.36. The monoisotopic (exact) mass is 392 g/mol. The minimum absolute atomic E-state index is 0.130. The van der Waals surface area contributed by atoms with Crippen LogP contribution in [0.5, 0.6) is 11.5 Å². The van der Waals surface area contributed by atoms with Crippen molar-refractivity contribution < 1.29 is 14.3 Å². The smallest absolute Gasteiger partial charge is 0.264 e. The van der Waals surface area contributed by atoms with Crippen LogP contribution in [0.15, 0.2) is 42.5 Å². The normalized spacial score (nSPS) is 10.3. The van der Waals surface area contributed by atoms with Crippen molar-refractivity contribution >= 4 is 40.5 Å². The Morgan fingerprint density at radius 2 is 1.92 bits per heavy atom. The summed E-state index contributed by atoms with van der Waals surface area (Å²) in [6.45, 7) is 4.01. The van der Waals surface area contributed by atoms with Gasteiger partial charge in [0.25, 0.3) is 5.91 Å². The molecule has 2 aromatic rings. The average Bonchev–Trinajstić information content (AvgIpc) is 2.60. The van der Waals surface area contributed by atoms with Gasteiger partial charge >= 0.3 is 0 Å². The Morgan fingerprint density at radius 3 is 2.58 bits per heavy atom. The van der Waals surface area contributed by atoms with E-state index in [0.717, 1.165) is 5.56 Å². The second-order valence-corrected chi connectivity index (χ2v) is 6.65. The largest absolute Gasteiger partial charge is 0.495 e. The molecule has 0 fully saturated rings. The van der Waals surface area contributed by atoms with Crippen LogP contribution in [0, 0.1) is 0 Å². The van der Waals surface area contributed by atoms with Crippen LogP contribution < -0.4 is 20.1 Å². The number of methoxy groups -OCH3 is 1. The minimum Gasteiger partial charge on any atom is -0.495 e. The third-order valence-electron chi connectivity index (χ3n) is 3.56. The third-order valence-corrected chi connectivity index (χ3v) is 4.06. The zero-order chi connectivity index (χ0) is 19.1. The van der Waals surface area contributed by atoms with E-state index in [4.69, 9.17) is 33.3 Å². The molecular formula is C19H21ClN2O3S. The Hall–Kier alpha value is -2.31. The lowest BCUT2D eigenvalue weighted by molar-refractivity contribution is -0.121. The molecule has 0 unspecified atom stereocenters. The van der Waals surface area contributed by atoms with Gasteiger partial charge in [-0.15, -0.1) is 0 Å². The molecule has 7 heteroatoms. The number of halogens is 1. The molecule has 0 aromatic heterocycles. The van der Waals surface area contributed by atoms with Crippen LogP contribution in [-0.2, 0) is 4.79 Å². The first-order valence-electron chi connectivity index (χ1n) is 8.06. The fourth-order valence-corrected chi connectivity index (χ4v) is 2.79. The van der Waals surface area contributed by atoms with Gasteiger partial charge in [-0.1, -0.05) is 43.6 Å². The Kier molecular flexibility index (Phi) is 7.24. The number of nitrogens with one attached hydrogen (secondary N) is 2. The maximum absolute atomic E-state index is 12.1. The molecule has 0 heterocycles. The third kappa shape index (κ3) is 5.61. The highest BCUT2D eigenvalue weighted by molar-refractivity contribution is 7.80.